The topological polar surface area (TPSA) is 51.8 Å². The Balaban J connectivity index is 1.58. The molecule has 2 N–H and O–H groups in total. The van der Waals surface area contributed by atoms with Crippen molar-refractivity contribution in [3.63, 3.8) is 0 Å². The molecule has 0 bridgehead atoms. The minimum atomic E-state index is -0.573. The third kappa shape index (κ3) is 3.60. The molecule has 0 radical (unpaired) electrons. The number of hydrogen-bond acceptors (Lipinski definition) is 5. The zero-order chi connectivity index (χ0) is 14.9. The molecule has 5 nitrogen and oxygen atoms in total. The molecule has 1 saturated heterocycles. The van der Waals surface area contributed by atoms with Crippen LogP contribution in [0.3, 0.4) is 0 Å². The molecule has 2 aliphatic heterocycles. The van der Waals surface area contributed by atoms with Gasteiger partial charge in [-0.25, -0.2) is 0 Å². The number of rotatable bonds is 4. The second kappa shape index (κ2) is 5.73. The molecule has 2 unspecified atom stereocenters. The number of anilines is 1. The highest BCUT2D eigenvalue weighted by Crippen LogP contribution is 2.40. The lowest BCUT2D eigenvalue weighted by Crippen LogP contribution is -2.43. The van der Waals surface area contributed by atoms with E-state index in [4.69, 9.17) is 14.2 Å². The Labute approximate surface area is 126 Å². The van der Waals surface area contributed by atoms with E-state index >= 15 is 0 Å². The van der Waals surface area contributed by atoms with Gasteiger partial charge in [0, 0.05) is 44.2 Å². The second-order valence-corrected chi connectivity index (χ2v) is 6.27. The van der Waals surface area contributed by atoms with Crippen LogP contribution in [0.5, 0.6) is 11.5 Å². The summed E-state index contributed by atoms with van der Waals surface area (Å²) in [5, 5.41) is 6.99. The van der Waals surface area contributed by atoms with Gasteiger partial charge in [-0.05, 0) is 25.5 Å². The van der Waals surface area contributed by atoms with Crippen molar-refractivity contribution >= 4 is 5.69 Å². The maximum absolute atomic E-state index is 5.77. The monoisotopic (exact) mass is 292 g/mol. The third-order valence-corrected chi connectivity index (χ3v) is 3.70. The number of nitrogens with one attached hydrogen (secondary N) is 2. The SMILES string of the molecule is CC(CC1COCCN1)Nc1ccc2c(c1)OC(C)(C)O2. The highest BCUT2D eigenvalue weighted by atomic mass is 16.7. The molecule has 0 aromatic heterocycles. The fraction of sp³-hybridized carbons (Fsp3) is 0.625. The Morgan fingerprint density at radius 1 is 1.33 bits per heavy atom. The first kappa shape index (κ1) is 14.5. The van der Waals surface area contributed by atoms with Gasteiger partial charge in [-0.3, -0.25) is 0 Å². The molecule has 0 aliphatic carbocycles. The molecule has 0 amide bonds. The number of hydrogen-bond donors (Lipinski definition) is 2. The van der Waals surface area contributed by atoms with Gasteiger partial charge in [0.2, 0.25) is 5.79 Å². The lowest BCUT2D eigenvalue weighted by molar-refractivity contribution is -0.0431. The summed E-state index contributed by atoms with van der Waals surface area (Å²) in [7, 11) is 0. The lowest BCUT2D eigenvalue weighted by atomic mass is 10.1. The van der Waals surface area contributed by atoms with Crippen molar-refractivity contribution in [3.8, 4) is 11.5 Å². The van der Waals surface area contributed by atoms with Crippen LogP contribution in [-0.2, 0) is 4.74 Å². The van der Waals surface area contributed by atoms with Gasteiger partial charge in [0.05, 0.1) is 13.2 Å². The van der Waals surface area contributed by atoms with Gasteiger partial charge in [-0.15, -0.1) is 0 Å². The third-order valence-electron chi connectivity index (χ3n) is 3.70. The first-order valence-corrected chi connectivity index (χ1v) is 7.61. The summed E-state index contributed by atoms with van der Waals surface area (Å²) in [6, 6.07) is 6.78. The molecule has 5 heteroatoms. The van der Waals surface area contributed by atoms with Crippen LogP contribution in [0.25, 0.3) is 0 Å². The normalized spacial score (nSPS) is 24.6. The van der Waals surface area contributed by atoms with Gasteiger partial charge in [0.15, 0.2) is 11.5 Å². The van der Waals surface area contributed by atoms with Crippen LogP contribution in [-0.4, -0.2) is 37.6 Å². The summed E-state index contributed by atoms with van der Waals surface area (Å²) in [6.45, 7) is 8.56. The molecule has 2 atom stereocenters. The van der Waals surface area contributed by atoms with Crippen LogP contribution in [0.15, 0.2) is 18.2 Å². The standard InChI is InChI=1S/C16H24N2O3/c1-11(8-13-10-19-7-6-17-13)18-12-4-5-14-15(9-12)21-16(2,3)20-14/h4-5,9,11,13,17-18H,6-8,10H2,1-3H3. The van der Waals surface area contributed by atoms with E-state index in [-0.39, 0.29) is 0 Å². The molecule has 3 rings (SSSR count). The van der Waals surface area contributed by atoms with Gasteiger partial charge in [0.25, 0.3) is 0 Å². The minimum absolute atomic E-state index is 0.359. The minimum Gasteiger partial charge on any atom is -0.449 e. The molecule has 1 aromatic carbocycles. The number of benzene rings is 1. The van der Waals surface area contributed by atoms with Gasteiger partial charge in [0.1, 0.15) is 0 Å². The van der Waals surface area contributed by atoms with E-state index in [1.54, 1.807) is 0 Å². The molecule has 1 fully saturated rings. The van der Waals surface area contributed by atoms with Crippen LogP contribution in [0.4, 0.5) is 5.69 Å². The zero-order valence-corrected chi connectivity index (χ0v) is 12.9. The summed E-state index contributed by atoms with van der Waals surface area (Å²) in [5.74, 6) is 1.03. The maximum Gasteiger partial charge on any atom is 0.246 e. The van der Waals surface area contributed by atoms with Gasteiger partial charge in [-0.2, -0.15) is 0 Å². The fourth-order valence-electron chi connectivity index (χ4n) is 2.85. The van der Waals surface area contributed by atoms with Gasteiger partial charge < -0.3 is 24.8 Å². The molecule has 21 heavy (non-hydrogen) atoms. The van der Waals surface area contributed by atoms with Crippen molar-refractivity contribution in [3.05, 3.63) is 18.2 Å². The lowest BCUT2D eigenvalue weighted by Gasteiger charge is -2.27. The van der Waals surface area contributed by atoms with Crippen molar-refractivity contribution in [2.75, 3.05) is 25.1 Å². The molecule has 0 saturated carbocycles. The molecule has 116 valence electrons. The summed E-state index contributed by atoms with van der Waals surface area (Å²) < 4.78 is 17.0. The molecular weight excluding hydrogens is 268 g/mol. The predicted molar refractivity (Wildman–Crippen MR) is 82.1 cm³/mol. The number of ether oxygens (including phenoxy) is 3. The Morgan fingerprint density at radius 2 is 2.14 bits per heavy atom. The highest BCUT2D eigenvalue weighted by Gasteiger charge is 2.31. The quantitative estimate of drug-likeness (QED) is 0.892. The van der Waals surface area contributed by atoms with Crippen molar-refractivity contribution in [2.45, 2.75) is 45.1 Å². The average Bonchev–Trinajstić information content (AvgIpc) is 2.73. The summed E-state index contributed by atoms with van der Waals surface area (Å²) in [5.41, 5.74) is 1.05. The van der Waals surface area contributed by atoms with Crippen LogP contribution < -0.4 is 20.1 Å². The van der Waals surface area contributed by atoms with Crippen LogP contribution in [0.1, 0.15) is 27.2 Å². The molecule has 0 spiro atoms. The molecule has 2 heterocycles. The summed E-state index contributed by atoms with van der Waals surface area (Å²) in [6.07, 6.45) is 1.03. The van der Waals surface area contributed by atoms with Crippen molar-refractivity contribution < 1.29 is 14.2 Å². The Morgan fingerprint density at radius 3 is 2.90 bits per heavy atom. The Kier molecular flexibility index (Phi) is 3.95. The smallest absolute Gasteiger partial charge is 0.246 e. The van der Waals surface area contributed by atoms with E-state index in [1.807, 2.05) is 32.0 Å². The van der Waals surface area contributed by atoms with Gasteiger partial charge >= 0.3 is 0 Å². The molecular formula is C16H24N2O3. The first-order chi connectivity index (χ1) is 10.0. The van der Waals surface area contributed by atoms with Crippen molar-refractivity contribution in [2.24, 2.45) is 0 Å². The van der Waals surface area contributed by atoms with E-state index in [9.17, 15) is 0 Å². The fourth-order valence-corrected chi connectivity index (χ4v) is 2.85. The number of morpholine rings is 1. The van der Waals surface area contributed by atoms with E-state index in [0.29, 0.717) is 12.1 Å². The largest absolute Gasteiger partial charge is 0.449 e. The van der Waals surface area contributed by atoms with E-state index in [0.717, 1.165) is 43.4 Å². The molecule has 1 aromatic rings. The number of fused-ring (bicyclic) bond motifs is 1. The highest BCUT2D eigenvalue weighted by molar-refractivity contribution is 5.56. The average molecular weight is 292 g/mol. The first-order valence-electron chi connectivity index (χ1n) is 7.61. The Bertz CT molecular complexity index is 498. The Hall–Kier alpha value is -1.46. The van der Waals surface area contributed by atoms with Crippen molar-refractivity contribution in [1.29, 1.82) is 0 Å². The molecule has 2 aliphatic rings. The maximum atomic E-state index is 5.77. The van der Waals surface area contributed by atoms with E-state index in [2.05, 4.69) is 17.6 Å². The van der Waals surface area contributed by atoms with Gasteiger partial charge in [-0.1, -0.05) is 0 Å². The zero-order valence-electron chi connectivity index (χ0n) is 12.9. The second-order valence-electron chi connectivity index (χ2n) is 6.27. The van der Waals surface area contributed by atoms with Crippen molar-refractivity contribution in [1.82, 2.24) is 5.32 Å². The van der Waals surface area contributed by atoms with Crippen LogP contribution in [0, 0.1) is 0 Å². The van der Waals surface area contributed by atoms with E-state index in [1.165, 1.54) is 0 Å². The summed E-state index contributed by atoms with van der Waals surface area (Å²) >= 11 is 0. The predicted octanol–water partition coefficient (Wildman–Crippen LogP) is 2.37. The summed E-state index contributed by atoms with van der Waals surface area (Å²) in [4.78, 5) is 0. The van der Waals surface area contributed by atoms with Crippen LogP contribution >= 0.6 is 0 Å². The van der Waals surface area contributed by atoms with E-state index < -0.39 is 5.79 Å². The van der Waals surface area contributed by atoms with Crippen LogP contribution in [0.2, 0.25) is 0 Å².